The predicted octanol–water partition coefficient (Wildman–Crippen LogP) is 3.48. The number of pyridine rings is 1. The monoisotopic (exact) mass is 450 g/mol. The van der Waals surface area contributed by atoms with Crippen molar-refractivity contribution in [3.05, 3.63) is 76.9 Å². The van der Waals surface area contributed by atoms with Crippen LogP contribution in [0.3, 0.4) is 0 Å². The minimum Gasteiger partial charge on any atom is -0.324 e. The Kier molecular flexibility index (Phi) is 5.30. The van der Waals surface area contributed by atoms with Crippen LogP contribution >= 0.6 is 15.9 Å². The van der Waals surface area contributed by atoms with Gasteiger partial charge in [-0.3, -0.25) is 9.59 Å². The van der Waals surface area contributed by atoms with Crippen LogP contribution < -0.4 is 10.6 Å². The van der Waals surface area contributed by atoms with E-state index in [1.807, 2.05) is 24.3 Å². The number of hydrogen-bond acceptors (Lipinski definition) is 5. The summed E-state index contributed by atoms with van der Waals surface area (Å²) >= 11 is 3.30. The minimum absolute atomic E-state index is 0.0136. The number of halogens is 1. The van der Waals surface area contributed by atoms with E-state index >= 15 is 0 Å². The summed E-state index contributed by atoms with van der Waals surface area (Å²) in [5.74, 6) is -0.156. The molecule has 0 atom stereocenters. The Hall–Kier alpha value is -3.59. The summed E-state index contributed by atoms with van der Waals surface area (Å²) in [4.78, 5) is 29.0. The number of rotatable bonds is 5. The summed E-state index contributed by atoms with van der Waals surface area (Å²) in [7, 11) is 0. The van der Waals surface area contributed by atoms with Crippen LogP contribution in [0.1, 0.15) is 10.4 Å². The first kappa shape index (κ1) is 18.8. The molecule has 0 unspecified atom stereocenters. The summed E-state index contributed by atoms with van der Waals surface area (Å²) in [6.07, 6.45) is 1.60. The molecule has 0 aliphatic heterocycles. The van der Waals surface area contributed by atoms with Gasteiger partial charge in [-0.25, -0.2) is 9.67 Å². The molecule has 9 heteroatoms. The Morgan fingerprint density at radius 1 is 1.00 bits per heavy atom. The zero-order chi connectivity index (χ0) is 20.2. The number of nitrogens with one attached hydrogen (secondary N) is 2. The molecule has 0 saturated carbocycles. The molecule has 0 aliphatic carbocycles. The van der Waals surface area contributed by atoms with Crippen molar-refractivity contribution in [1.82, 2.24) is 20.0 Å². The molecule has 29 heavy (non-hydrogen) atoms. The molecule has 0 spiro atoms. The number of hydrogen-bond donors (Lipinski definition) is 2. The number of benzene rings is 2. The minimum atomic E-state index is -0.321. The van der Waals surface area contributed by atoms with Crippen molar-refractivity contribution in [2.24, 2.45) is 0 Å². The molecular weight excluding hydrogens is 436 g/mol. The van der Waals surface area contributed by atoms with E-state index in [0.29, 0.717) is 17.1 Å². The van der Waals surface area contributed by atoms with Crippen molar-refractivity contribution in [3.63, 3.8) is 0 Å². The molecule has 144 valence electrons. The second-order valence-corrected chi connectivity index (χ2v) is 7.10. The molecule has 4 aromatic rings. The van der Waals surface area contributed by atoms with Crippen LogP contribution in [-0.4, -0.2) is 31.8 Å². The molecule has 4 rings (SSSR count). The van der Waals surface area contributed by atoms with Crippen LogP contribution in [0.15, 0.2) is 71.3 Å². The van der Waals surface area contributed by atoms with Gasteiger partial charge in [0.1, 0.15) is 17.9 Å². The molecule has 0 saturated heterocycles. The molecule has 0 radical (unpaired) electrons. The van der Waals surface area contributed by atoms with Crippen LogP contribution in [0.4, 0.5) is 11.5 Å². The highest BCUT2D eigenvalue weighted by Gasteiger charge is 2.11. The van der Waals surface area contributed by atoms with Gasteiger partial charge >= 0.3 is 0 Å². The molecule has 2 amide bonds. The van der Waals surface area contributed by atoms with Crippen LogP contribution in [-0.2, 0) is 11.3 Å². The second-order valence-electron chi connectivity index (χ2n) is 6.18. The van der Waals surface area contributed by atoms with E-state index in [-0.39, 0.29) is 18.4 Å². The van der Waals surface area contributed by atoms with E-state index in [2.05, 4.69) is 41.9 Å². The number of fused-ring (bicyclic) bond motifs is 1. The van der Waals surface area contributed by atoms with Gasteiger partial charge < -0.3 is 10.6 Å². The summed E-state index contributed by atoms with van der Waals surface area (Å²) in [5.41, 5.74) is 2.41. The van der Waals surface area contributed by atoms with Gasteiger partial charge in [0.15, 0.2) is 0 Å². The molecule has 8 nitrogen and oxygen atoms in total. The topological polar surface area (TPSA) is 102 Å². The predicted molar refractivity (Wildman–Crippen MR) is 112 cm³/mol. The number of para-hydroxylation sites is 1. The van der Waals surface area contributed by atoms with Crippen molar-refractivity contribution in [2.75, 3.05) is 10.6 Å². The van der Waals surface area contributed by atoms with Crippen molar-refractivity contribution in [3.8, 4) is 0 Å². The Bertz CT molecular complexity index is 1190. The van der Waals surface area contributed by atoms with Gasteiger partial charge in [-0.2, -0.15) is 0 Å². The number of carbonyl (C=O) groups is 2. The van der Waals surface area contributed by atoms with Crippen molar-refractivity contribution < 1.29 is 9.59 Å². The van der Waals surface area contributed by atoms with Gasteiger partial charge in [-0.05, 0) is 58.4 Å². The molecule has 0 aliphatic rings. The summed E-state index contributed by atoms with van der Waals surface area (Å²) < 4.78 is 2.35. The maximum atomic E-state index is 12.4. The fraction of sp³-hybridized carbons (Fsp3) is 0.0500. The largest absolute Gasteiger partial charge is 0.324 e. The van der Waals surface area contributed by atoms with E-state index in [9.17, 15) is 9.59 Å². The normalized spacial score (nSPS) is 10.7. The summed E-state index contributed by atoms with van der Waals surface area (Å²) in [6.45, 7) is 0.0136. The van der Waals surface area contributed by atoms with E-state index in [0.717, 1.165) is 15.5 Å². The molecule has 0 bridgehead atoms. The van der Waals surface area contributed by atoms with Gasteiger partial charge in [0, 0.05) is 21.9 Å². The lowest BCUT2D eigenvalue weighted by Crippen LogP contribution is -2.20. The first-order valence-electron chi connectivity index (χ1n) is 8.69. The average Bonchev–Trinajstić information content (AvgIpc) is 3.13. The Balaban J connectivity index is 1.43. The van der Waals surface area contributed by atoms with E-state index < -0.39 is 0 Å². The molecular formula is C20H15BrN6O2. The molecule has 2 aromatic heterocycles. The number of amides is 2. The maximum absolute atomic E-state index is 12.4. The number of anilines is 2. The van der Waals surface area contributed by atoms with Gasteiger partial charge in [0.05, 0.1) is 5.52 Å². The summed E-state index contributed by atoms with van der Waals surface area (Å²) in [6, 6.07) is 17.6. The van der Waals surface area contributed by atoms with Gasteiger partial charge in [0.25, 0.3) is 5.91 Å². The van der Waals surface area contributed by atoms with Gasteiger partial charge in [-0.15, -0.1) is 5.10 Å². The third-order valence-corrected chi connectivity index (χ3v) is 4.56. The highest BCUT2D eigenvalue weighted by Crippen LogP contribution is 2.15. The average molecular weight is 451 g/mol. The third kappa shape index (κ3) is 4.46. The van der Waals surface area contributed by atoms with Crippen LogP contribution in [0, 0.1) is 0 Å². The number of carbonyl (C=O) groups excluding carboxylic acids is 2. The lowest BCUT2D eigenvalue weighted by molar-refractivity contribution is -0.116. The zero-order valence-electron chi connectivity index (χ0n) is 15.0. The highest BCUT2D eigenvalue weighted by atomic mass is 79.9. The molecule has 2 heterocycles. The van der Waals surface area contributed by atoms with Crippen molar-refractivity contribution in [1.29, 1.82) is 0 Å². The quantitative estimate of drug-likeness (QED) is 0.484. The summed E-state index contributed by atoms with van der Waals surface area (Å²) in [5, 5.41) is 13.5. The maximum Gasteiger partial charge on any atom is 0.256 e. The third-order valence-electron chi connectivity index (χ3n) is 4.09. The van der Waals surface area contributed by atoms with Gasteiger partial charge in [-0.1, -0.05) is 23.4 Å². The van der Waals surface area contributed by atoms with Crippen molar-refractivity contribution >= 4 is 50.3 Å². The lowest BCUT2D eigenvalue weighted by atomic mass is 10.2. The second kappa shape index (κ2) is 8.19. The van der Waals surface area contributed by atoms with E-state index in [1.165, 1.54) is 4.68 Å². The Morgan fingerprint density at radius 3 is 2.69 bits per heavy atom. The number of nitrogens with zero attached hydrogens (tertiary/aromatic N) is 4. The van der Waals surface area contributed by atoms with E-state index in [4.69, 9.17) is 0 Å². The lowest BCUT2D eigenvalue weighted by Gasteiger charge is -2.08. The SMILES string of the molecule is O=C(Cn1nnc2ccccc21)Nc1cccc(C(=O)Nc2ccc(Br)cn2)c1. The van der Waals surface area contributed by atoms with E-state index in [1.54, 1.807) is 42.6 Å². The number of aromatic nitrogens is 4. The highest BCUT2D eigenvalue weighted by molar-refractivity contribution is 9.10. The standard InChI is InChI=1S/C20H15BrN6O2/c21-14-8-9-18(22-11-14)24-20(29)13-4-3-5-15(10-13)23-19(28)12-27-17-7-2-1-6-16(17)25-26-27/h1-11H,12H2,(H,23,28)(H,22,24,29). The zero-order valence-corrected chi connectivity index (χ0v) is 16.6. The Morgan fingerprint density at radius 2 is 1.86 bits per heavy atom. The van der Waals surface area contributed by atoms with Crippen LogP contribution in [0.25, 0.3) is 11.0 Å². The first-order valence-corrected chi connectivity index (χ1v) is 9.49. The Labute approximate surface area is 174 Å². The van der Waals surface area contributed by atoms with Crippen LogP contribution in [0.2, 0.25) is 0 Å². The van der Waals surface area contributed by atoms with Crippen LogP contribution in [0.5, 0.6) is 0 Å². The molecule has 2 N–H and O–H groups in total. The smallest absolute Gasteiger partial charge is 0.256 e. The first-order chi connectivity index (χ1) is 14.1. The fourth-order valence-electron chi connectivity index (χ4n) is 2.75. The molecule has 0 fully saturated rings. The fourth-order valence-corrected chi connectivity index (χ4v) is 2.98. The molecule has 2 aromatic carbocycles. The van der Waals surface area contributed by atoms with Gasteiger partial charge in [0.2, 0.25) is 5.91 Å². The van der Waals surface area contributed by atoms with Crippen molar-refractivity contribution in [2.45, 2.75) is 6.54 Å².